The number of ketones is 2. The van der Waals surface area contributed by atoms with Crippen LogP contribution < -0.4 is 0 Å². The maximum absolute atomic E-state index is 12.7. The van der Waals surface area contributed by atoms with Crippen LogP contribution in [0.15, 0.2) is 51.0 Å². The molecule has 2 aliphatic rings. The van der Waals surface area contributed by atoms with Crippen molar-refractivity contribution in [2.45, 2.75) is 27.2 Å². The minimum Gasteiger partial charge on any atom is -0.451 e. The first-order valence-electron chi connectivity index (χ1n) is 9.73. The second-order valence-corrected chi connectivity index (χ2v) is 8.80. The minimum absolute atomic E-state index is 0.0610. The summed E-state index contributed by atoms with van der Waals surface area (Å²) < 4.78 is 5.78. The van der Waals surface area contributed by atoms with Crippen molar-refractivity contribution in [1.29, 1.82) is 0 Å². The highest BCUT2D eigenvalue weighted by molar-refractivity contribution is 7.99. The summed E-state index contributed by atoms with van der Waals surface area (Å²) in [4.78, 5) is 39.6. The van der Waals surface area contributed by atoms with Crippen LogP contribution in [0.4, 0.5) is 0 Å². The number of nitrogens with zero attached hydrogens (tertiary/aromatic N) is 1. The van der Waals surface area contributed by atoms with Crippen LogP contribution in [0.3, 0.4) is 0 Å². The van der Waals surface area contributed by atoms with E-state index >= 15 is 0 Å². The van der Waals surface area contributed by atoms with Gasteiger partial charge in [-0.15, -0.1) is 0 Å². The van der Waals surface area contributed by atoms with Crippen molar-refractivity contribution in [3.05, 3.63) is 57.9 Å². The third-order valence-electron chi connectivity index (χ3n) is 5.78. The maximum Gasteiger partial charge on any atom is 0.289 e. The predicted molar refractivity (Wildman–Crippen MR) is 114 cm³/mol. The molecule has 1 aromatic heterocycles. The van der Waals surface area contributed by atoms with Crippen molar-refractivity contribution in [2.75, 3.05) is 24.6 Å². The van der Waals surface area contributed by atoms with Crippen molar-refractivity contribution in [1.82, 2.24) is 4.90 Å². The Morgan fingerprint density at radius 2 is 1.69 bits per heavy atom. The predicted octanol–water partition coefficient (Wildman–Crippen LogP) is 3.97. The fourth-order valence-electron chi connectivity index (χ4n) is 3.80. The molecule has 1 fully saturated rings. The number of rotatable bonds is 3. The van der Waals surface area contributed by atoms with Gasteiger partial charge in [-0.25, -0.2) is 0 Å². The average Bonchev–Trinajstić information content (AvgIpc) is 3.17. The summed E-state index contributed by atoms with van der Waals surface area (Å²) in [5.41, 5.74) is 3.67. The standard InChI is InChI=1S/C23H23NO4S/c1-13-14(2)22(26)18(15(3)21(13)25)11-16-4-5-19-17(10-16)12-20(28-19)23(27)24-6-8-29-9-7-24/h4-5,10,12H,6-9,11H2,1-3H3. The molecule has 150 valence electrons. The van der Waals surface area contributed by atoms with Crippen LogP contribution in [0.1, 0.15) is 36.9 Å². The normalized spacial score (nSPS) is 18.2. The van der Waals surface area contributed by atoms with Crippen molar-refractivity contribution >= 4 is 40.2 Å². The summed E-state index contributed by atoms with van der Waals surface area (Å²) in [5.74, 6) is 2.04. The van der Waals surface area contributed by atoms with Crippen LogP contribution >= 0.6 is 11.8 Å². The summed E-state index contributed by atoms with van der Waals surface area (Å²) in [6, 6.07) is 7.41. The monoisotopic (exact) mass is 409 g/mol. The molecule has 0 radical (unpaired) electrons. The van der Waals surface area contributed by atoms with E-state index in [2.05, 4.69) is 0 Å². The molecule has 4 rings (SSSR count). The molecule has 1 aliphatic carbocycles. The van der Waals surface area contributed by atoms with Gasteiger partial charge in [-0.3, -0.25) is 14.4 Å². The van der Waals surface area contributed by atoms with Gasteiger partial charge in [-0.05, 0) is 44.5 Å². The zero-order chi connectivity index (χ0) is 20.7. The number of Topliss-reactive ketones (excluding diaryl/α,β-unsaturated/α-hetero) is 2. The summed E-state index contributed by atoms with van der Waals surface area (Å²) in [5, 5.41) is 0.827. The number of amides is 1. The van der Waals surface area contributed by atoms with Gasteiger partial charge < -0.3 is 9.32 Å². The lowest BCUT2D eigenvalue weighted by Crippen LogP contribution is -2.37. The third-order valence-corrected chi connectivity index (χ3v) is 6.72. The maximum atomic E-state index is 12.7. The Kier molecular flexibility index (Phi) is 5.21. The van der Waals surface area contributed by atoms with Crippen LogP contribution in [-0.2, 0) is 16.0 Å². The lowest BCUT2D eigenvalue weighted by molar-refractivity contribution is -0.116. The molecule has 6 heteroatoms. The van der Waals surface area contributed by atoms with Gasteiger partial charge in [0.05, 0.1) is 0 Å². The van der Waals surface area contributed by atoms with Crippen molar-refractivity contribution < 1.29 is 18.8 Å². The third kappa shape index (κ3) is 3.57. The van der Waals surface area contributed by atoms with Crippen LogP contribution in [-0.4, -0.2) is 47.0 Å². The number of furan rings is 1. The van der Waals surface area contributed by atoms with E-state index in [0.29, 0.717) is 40.1 Å². The Morgan fingerprint density at radius 3 is 2.41 bits per heavy atom. The van der Waals surface area contributed by atoms with Gasteiger partial charge in [0.1, 0.15) is 5.58 Å². The lowest BCUT2D eigenvalue weighted by atomic mass is 9.83. The molecule has 0 unspecified atom stereocenters. The van der Waals surface area contributed by atoms with Crippen LogP contribution in [0, 0.1) is 0 Å². The number of hydrogen-bond donors (Lipinski definition) is 0. The zero-order valence-electron chi connectivity index (χ0n) is 16.8. The topological polar surface area (TPSA) is 67.6 Å². The van der Waals surface area contributed by atoms with Crippen molar-refractivity contribution in [3.8, 4) is 0 Å². The average molecular weight is 410 g/mol. The molecule has 0 spiro atoms. The summed E-state index contributed by atoms with van der Waals surface area (Å²) in [7, 11) is 0. The highest BCUT2D eigenvalue weighted by Crippen LogP contribution is 2.29. The molecule has 0 saturated carbocycles. The Bertz CT molecular complexity index is 1100. The van der Waals surface area contributed by atoms with Crippen molar-refractivity contribution in [2.24, 2.45) is 0 Å². The molecule has 0 bridgehead atoms. The second kappa shape index (κ2) is 7.67. The SMILES string of the molecule is CC1=C(C)C(=O)C(Cc2ccc3oc(C(=O)N4CCSCC4)cc3c2)=C(C)C1=O. The van der Waals surface area contributed by atoms with Gasteiger partial charge in [0.25, 0.3) is 5.91 Å². The molecule has 5 nitrogen and oxygen atoms in total. The first-order chi connectivity index (χ1) is 13.9. The van der Waals surface area contributed by atoms with E-state index in [1.807, 2.05) is 34.9 Å². The number of carbonyl (C=O) groups excluding carboxylic acids is 3. The molecule has 1 saturated heterocycles. The van der Waals surface area contributed by atoms with Crippen LogP contribution in [0.2, 0.25) is 0 Å². The highest BCUT2D eigenvalue weighted by Gasteiger charge is 2.28. The molecule has 2 aromatic rings. The Hall–Kier alpha value is -2.60. The summed E-state index contributed by atoms with van der Waals surface area (Å²) in [6.07, 6.45) is 0.384. The summed E-state index contributed by atoms with van der Waals surface area (Å²) in [6.45, 7) is 6.60. The second-order valence-electron chi connectivity index (χ2n) is 7.58. The van der Waals surface area contributed by atoms with E-state index in [0.717, 1.165) is 35.5 Å². The van der Waals surface area contributed by atoms with E-state index in [9.17, 15) is 14.4 Å². The summed E-state index contributed by atoms with van der Waals surface area (Å²) >= 11 is 1.85. The van der Waals surface area contributed by atoms with Gasteiger partial charge in [0, 0.05) is 58.7 Å². The molecule has 29 heavy (non-hydrogen) atoms. The molecule has 1 amide bonds. The van der Waals surface area contributed by atoms with Gasteiger partial charge in [-0.1, -0.05) is 6.07 Å². The van der Waals surface area contributed by atoms with E-state index in [1.54, 1.807) is 26.8 Å². The number of allylic oxidation sites excluding steroid dienone is 4. The molecular weight excluding hydrogens is 386 g/mol. The van der Waals surface area contributed by atoms with Gasteiger partial charge in [0.15, 0.2) is 17.3 Å². The first-order valence-corrected chi connectivity index (χ1v) is 10.9. The highest BCUT2D eigenvalue weighted by atomic mass is 32.2. The van der Waals surface area contributed by atoms with E-state index in [4.69, 9.17) is 4.42 Å². The largest absolute Gasteiger partial charge is 0.451 e. The molecule has 0 N–H and O–H groups in total. The number of benzene rings is 1. The quantitative estimate of drug-likeness (QED) is 0.718. The number of carbonyl (C=O) groups is 3. The molecule has 1 aromatic carbocycles. The first kappa shape index (κ1) is 19.7. The molecule has 1 aliphatic heterocycles. The van der Waals surface area contributed by atoms with Crippen molar-refractivity contribution in [3.63, 3.8) is 0 Å². The van der Waals surface area contributed by atoms with E-state index in [-0.39, 0.29) is 17.5 Å². The fourth-order valence-corrected chi connectivity index (χ4v) is 4.71. The van der Waals surface area contributed by atoms with E-state index < -0.39 is 0 Å². The zero-order valence-corrected chi connectivity index (χ0v) is 17.6. The fraction of sp³-hybridized carbons (Fsp3) is 0.348. The Labute approximate surface area is 173 Å². The van der Waals surface area contributed by atoms with Gasteiger partial charge >= 0.3 is 0 Å². The number of hydrogen-bond acceptors (Lipinski definition) is 5. The Morgan fingerprint density at radius 1 is 1.00 bits per heavy atom. The molecule has 2 heterocycles. The molecular formula is C23H23NO4S. The Balaban J connectivity index is 1.61. The molecule has 0 atom stereocenters. The van der Waals surface area contributed by atoms with Gasteiger partial charge in [-0.2, -0.15) is 11.8 Å². The number of thioether (sulfide) groups is 1. The lowest BCUT2D eigenvalue weighted by Gasteiger charge is -2.25. The van der Waals surface area contributed by atoms with Crippen LogP contribution in [0.25, 0.3) is 11.0 Å². The number of fused-ring (bicyclic) bond motifs is 1. The van der Waals surface area contributed by atoms with E-state index in [1.165, 1.54) is 0 Å². The van der Waals surface area contributed by atoms with Gasteiger partial charge in [0.2, 0.25) is 0 Å². The smallest absolute Gasteiger partial charge is 0.289 e. The van der Waals surface area contributed by atoms with Crippen LogP contribution in [0.5, 0.6) is 0 Å². The minimum atomic E-state index is -0.0779.